The third kappa shape index (κ3) is 2.51. The van der Waals surface area contributed by atoms with Crippen LogP contribution in [0, 0.1) is 0 Å². The van der Waals surface area contributed by atoms with Crippen LogP contribution >= 0.6 is 0 Å². The molecule has 0 amide bonds. The molecule has 1 saturated heterocycles. The summed E-state index contributed by atoms with van der Waals surface area (Å²) >= 11 is 0. The van der Waals surface area contributed by atoms with Crippen molar-refractivity contribution in [2.24, 2.45) is 0 Å². The van der Waals surface area contributed by atoms with Crippen molar-refractivity contribution < 1.29 is 5.11 Å². The van der Waals surface area contributed by atoms with Crippen molar-refractivity contribution in [3.63, 3.8) is 0 Å². The Morgan fingerprint density at radius 1 is 1.32 bits per heavy atom. The third-order valence-electron chi connectivity index (χ3n) is 4.93. The average Bonchev–Trinajstić information content (AvgIpc) is 2.44. The molecule has 2 nitrogen and oxygen atoms in total. The van der Waals surface area contributed by atoms with E-state index in [1.807, 2.05) is 12.1 Å². The molecule has 104 valence electrons. The van der Waals surface area contributed by atoms with Gasteiger partial charge in [0.15, 0.2) is 0 Å². The van der Waals surface area contributed by atoms with Crippen molar-refractivity contribution >= 4 is 0 Å². The first-order valence-electron chi connectivity index (χ1n) is 7.85. The summed E-state index contributed by atoms with van der Waals surface area (Å²) in [6, 6.07) is 6.72. The van der Waals surface area contributed by atoms with Crippen LogP contribution in [-0.2, 0) is 6.42 Å². The molecule has 2 atom stereocenters. The van der Waals surface area contributed by atoms with Crippen LogP contribution in [0.2, 0.25) is 0 Å². The molecule has 0 saturated carbocycles. The molecule has 0 unspecified atom stereocenters. The van der Waals surface area contributed by atoms with Crippen molar-refractivity contribution in [1.82, 2.24) is 4.90 Å². The highest BCUT2D eigenvalue weighted by Gasteiger charge is 2.35. The number of benzene rings is 1. The number of hydrogen-bond donors (Lipinski definition) is 1. The molecule has 2 aliphatic rings. The Bertz CT molecular complexity index is 443. The Morgan fingerprint density at radius 2 is 2.21 bits per heavy atom. The summed E-state index contributed by atoms with van der Waals surface area (Å²) < 4.78 is 0. The van der Waals surface area contributed by atoms with Gasteiger partial charge in [0.2, 0.25) is 0 Å². The third-order valence-corrected chi connectivity index (χ3v) is 4.93. The Hall–Kier alpha value is -1.02. The summed E-state index contributed by atoms with van der Waals surface area (Å²) in [4.78, 5) is 2.71. The molecular weight excluding hydrogens is 234 g/mol. The predicted octanol–water partition coefficient (Wildman–Crippen LogP) is 3.69. The van der Waals surface area contributed by atoms with Crippen molar-refractivity contribution in [1.29, 1.82) is 0 Å². The monoisotopic (exact) mass is 259 g/mol. The fraction of sp³-hybridized carbons (Fsp3) is 0.647. The first-order chi connectivity index (χ1) is 9.29. The first kappa shape index (κ1) is 13.0. The number of aryl methyl sites for hydroxylation is 1. The Balaban J connectivity index is 1.84. The van der Waals surface area contributed by atoms with Crippen molar-refractivity contribution in [3.05, 3.63) is 29.3 Å². The fourth-order valence-electron chi connectivity index (χ4n) is 3.97. The molecule has 1 aliphatic heterocycles. The normalized spacial score (nSPS) is 26.8. The molecule has 0 radical (unpaired) electrons. The van der Waals surface area contributed by atoms with Gasteiger partial charge in [0.05, 0.1) is 0 Å². The predicted molar refractivity (Wildman–Crippen MR) is 78.7 cm³/mol. The lowest BCUT2D eigenvalue weighted by Crippen LogP contribution is -2.46. The van der Waals surface area contributed by atoms with Gasteiger partial charge in [-0.1, -0.05) is 19.4 Å². The molecule has 1 aromatic rings. The number of aromatic hydroxyl groups is 1. The lowest BCUT2D eigenvalue weighted by Gasteiger charge is -2.45. The van der Waals surface area contributed by atoms with Gasteiger partial charge in [-0.2, -0.15) is 0 Å². The molecule has 1 N–H and O–H groups in total. The Labute approximate surface area is 116 Å². The zero-order valence-corrected chi connectivity index (χ0v) is 11.9. The van der Waals surface area contributed by atoms with E-state index in [4.69, 9.17) is 0 Å². The molecular formula is C17H25NO. The van der Waals surface area contributed by atoms with Crippen LogP contribution in [0.1, 0.15) is 56.1 Å². The van der Waals surface area contributed by atoms with Gasteiger partial charge >= 0.3 is 0 Å². The van der Waals surface area contributed by atoms with Crippen LogP contribution in [-0.4, -0.2) is 29.1 Å². The van der Waals surface area contributed by atoms with E-state index in [2.05, 4.69) is 17.9 Å². The van der Waals surface area contributed by atoms with Gasteiger partial charge < -0.3 is 5.11 Å². The van der Waals surface area contributed by atoms with Gasteiger partial charge in [-0.15, -0.1) is 0 Å². The number of fused-ring (bicyclic) bond motifs is 3. The molecule has 1 aromatic carbocycles. The van der Waals surface area contributed by atoms with Gasteiger partial charge in [0, 0.05) is 6.04 Å². The highest BCUT2D eigenvalue weighted by Crippen LogP contribution is 2.41. The zero-order valence-electron chi connectivity index (χ0n) is 11.9. The van der Waals surface area contributed by atoms with Crippen LogP contribution < -0.4 is 0 Å². The molecule has 2 heteroatoms. The van der Waals surface area contributed by atoms with E-state index >= 15 is 0 Å². The van der Waals surface area contributed by atoms with Crippen molar-refractivity contribution in [2.75, 3.05) is 13.1 Å². The maximum atomic E-state index is 9.77. The summed E-state index contributed by atoms with van der Waals surface area (Å²) in [5, 5.41) is 9.77. The van der Waals surface area contributed by atoms with E-state index in [1.165, 1.54) is 62.7 Å². The number of phenolic OH excluding ortho intramolecular Hbond substituents is 1. The summed E-state index contributed by atoms with van der Waals surface area (Å²) in [6.45, 7) is 4.80. The number of hydrogen-bond acceptors (Lipinski definition) is 2. The topological polar surface area (TPSA) is 23.5 Å². The van der Waals surface area contributed by atoms with E-state index in [9.17, 15) is 5.11 Å². The number of unbranched alkanes of at least 4 members (excludes halogenated alkanes) is 1. The fourth-order valence-corrected chi connectivity index (χ4v) is 3.97. The molecule has 1 heterocycles. The SMILES string of the molecule is CCCCN1CCC[C@H]2c3cc(O)ccc3CC[C@H]21. The van der Waals surface area contributed by atoms with E-state index < -0.39 is 0 Å². The van der Waals surface area contributed by atoms with Crippen molar-refractivity contribution in [3.8, 4) is 5.75 Å². The van der Waals surface area contributed by atoms with Gasteiger partial charge in [-0.05, 0) is 74.4 Å². The van der Waals surface area contributed by atoms with E-state index in [0.717, 1.165) is 6.04 Å². The second-order valence-electron chi connectivity index (χ2n) is 6.13. The van der Waals surface area contributed by atoms with Crippen LogP contribution in [0.5, 0.6) is 5.75 Å². The summed E-state index contributed by atoms with van der Waals surface area (Å²) in [5.74, 6) is 1.09. The van der Waals surface area contributed by atoms with E-state index in [0.29, 0.717) is 11.7 Å². The highest BCUT2D eigenvalue weighted by molar-refractivity contribution is 5.40. The second-order valence-corrected chi connectivity index (χ2v) is 6.13. The van der Waals surface area contributed by atoms with Crippen LogP contribution in [0.3, 0.4) is 0 Å². The van der Waals surface area contributed by atoms with Crippen LogP contribution in [0.4, 0.5) is 0 Å². The number of rotatable bonds is 3. The summed E-state index contributed by atoms with van der Waals surface area (Å²) in [5.41, 5.74) is 2.90. The van der Waals surface area contributed by atoms with E-state index in [-0.39, 0.29) is 0 Å². The van der Waals surface area contributed by atoms with Crippen LogP contribution in [0.15, 0.2) is 18.2 Å². The Kier molecular flexibility index (Phi) is 3.79. The maximum absolute atomic E-state index is 9.77. The lowest BCUT2D eigenvalue weighted by molar-refractivity contribution is 0.111. The minimum atomic E-state index is 0.435. The lowest BCUT2D eigenvalue weighted by atomic mass is 9.74. The minimum Gasteiger partial charge on any atom is -0.508 e. The van der Waals surface area contributed by atoms with Crippen molar-refractivity contribution in [2.45, 2.75) is 57.4 Å². The molecule has 0 spiro atoms. The van der Waals surface area contributed by atoms with Gasteiger partial charge in [0.25, 0.3) is 0 Å². The van der Waals surface area contributed by atoms with Gasteiger partial charge in [-0.3, -0.25) is 4.90 Å². The summed E-state index contributed by atoms with van der Waals surface area (Å²) in [7, 11) is 0. The molecule has 1 aliphatic carbocycles. The van der Waals surface area contributed by atoms with Gasteiger partial charge in [0.1, 0.15) is 5.75 Å². The van der Waals surface area contributed by atoms with Gasteiger partial charge in [-0.25, -0.2) is 0 Å². The second kappa shape index (κ2) is 5.54. The number of nitrogens with zero attached hydrogens (tertiary/aromatic N) is 1. The van der Waals surface area contributed by atoms with E-state index in [1.54, 1.807) is 0 Å². The first-order valence-corrected chi connectivity index (χ1v) is 7.85. The standard InChI is InChI=1S/C17H25NO/c1-2-3-10-18-11-4-5-15-16-12-14(19)8-6-13(16)7-9-17(15)18/h6,8,12,15,17,19H,2-5,7,9-11H2,1H3/t15-,17+/m0/s1. The number of phenols is 1. The number of likely N-dealkylation sites (tertiary alicyclic amines) is 1. The molecule has 0 bridgehead atoms. The summed E-state index contributed by atoms with van der Waals surface area (Å²) in [6.07, 6.45) is 7.68. The molecule has 19 heavy (non-hydrogen) atoms. The smallest absolute Gasteiger partial charge is 0.115 e. The van der Waals surface area contributed by atoms with Crippen LogP contribution in [0.25, 0.3) is 0 Å². The minimum absolute atomic E-state index is 0.435. The number of piperidine rings is 1. The molecule has 1 fully saturated rings. The maximum Gasteiger partial charge on any atom is 0.115 e. The quantitative estimate of drug-likeness (QED) is 0.895. The average molecular weight is 259 g/mol. The largest absolute Gasteiger partial charge is 0.508 e. The molecule has 0 aromatic heterocycles. The zero-order chi connectivity index (χ0) is 13.2. The highest BCUT2D eigenvalue weighted by atomic mass is 16.3. The molecule has 3 rings (SSSR count). The Morgan fingerprint density at radius 3 is 3.05 bits per heavy atom.